The van der Waals surface area contributed by atoms with E-state index in [1.807, 2.05) is 0 Å². The van der Waals surface area contributed by atoms with E-state index >= 15 is 0 Å². The second-order valence-corrected chi connectivity index (χ2v) is 4.73. The van der Waals surface area contributed by atoms with Gasteiger partial charge in [0.15, 0.2) is 0 Å². The minimum atomic E-state index is 0.975. The van der Waals surface area contributed by atoms with Crippen molar-refractivity contribution in [1.29, 1.82) is 0 Å². The van der Waals surface area contributed by atoms with Crippen molar-refractivity contribution in [3.63, 3.8) is 0 Å². The number of hydrogen-bond acceptors (Lipinski definition) is 0. The van der Waals surface area contributed by atoms with E-state index in [0.29, 0.717) is 0 Å². The molecular formula is C16H23N2+. The van der Waals surface area contributed by atoms with Crippen molar-refractivity contribution in [2.24, 2.45) is 0 Å². The summed E-state index contributed by atoms with van der Waals surface area (Å²) in [7, 11) is 0. The van der Waals surface area contributed by atoms with Gasteiger partial charge in [-0.3, -0.25) is 0 Å². The minimum Gasteiger partial charge on any atom is -0.234 e. The zero-order chi connectivity index (χ0) is 12.8. The maximum Gasteiger partial charge on any atom is 0.256 e. The smallest absolute Gasteiger partial charge is 0.234 e. The van der Waals surface area contributed by atoms with Gasteiger partial charge in [0, 0.05) is 6.42 Å². The van der Waals surface area contributed by atoms with E-state index in [-0.39, 0.29) is 0 Å². The molecular weight excluding hydrogens is 220 g/mol. The van der Waals surface area contributed by atoms with Gasteiger partial charge in [0.05, 0.1) is 6.54 Å². The summed E-state index contributed by atoms with van der Waals surface area (Å²) in [5.41, 5.74) is 1.37. The van der Waals surface area contributed by atoms with Crippen LogP contribution in [0.15, 0.2) is 42.7 Å². The molecule has 0 spiro atoms. The Morgan fingerprint density at radius 1 is 1.11 bits per heavy atom. The lowest BCUT2D eigenvalue weighted by atomic mass is 10.2. The average Bonchev–Trinajstić information content (AvgIpc) is 2.79. The van der Waals surface area contributed by atoms with Crippen molar-refractivity contribution in [1.82, 2.24) is 4.57 Å². The monoisotopic (exact) mass is 243 g/mol. The maximum absolute atomic E-state index is 2.40. The largest absolute Gasteiger partial charge is 0.256 e. The van der Waals surface area contributed by atoms with E-state index < -0.39 is 0 Å². The highest BCUT2D eigenvalue weighted by atomic mass is 15.1. The van der Waals surface area contributed by atoms with Gasteiger partial charge in [0.25, 0.3) is 5.82 Å². The quantitative estimate of drug-likeness (QED) is 0.689. The Balaban J connectivity index is 2.15. The summed E-state index contributed by atoms with van der Waals surface area (Å²) in [6, 6.07) is 10.7. The second-order valence-electron chi connectivity index (χ2n) is 4.73. The molecule has 0 saturated carbocycles. The van der Waals surface area contributed by atoms with E-state index in [4.69, 9.17) is 0 Å². The van der Waals surface area contributed by atoms with E-state index in [2.05, 4.69) is 65.7 Å². The first-order valence-corrected chi connectivity index (χ1v) is 6.96. The molecule has 0 radical (unpaired) electrons. The molecule has 2 rings (SSSR count). The summed E-state index contributed by atoms with van der Waals surface area (Å²) in [5, 5.41) is 0. The highest BCUT2D eigenvalue weighted by Gasteiger charge is 2.14. The van der Waals surface area contributed by atoms with Gasteiger partial charge < -0.3 is 0 Å². The molecule has 1 aromatic heterocycles. The Hall–Kier alpha value is -1.57. The summed E-state index contributed by atoms with van der Waals surface area (Å²) in [6.45, 7) is 6.59. The first-order chi connectivity index (χ1) is 8.85. The highest BCUT2D eigenvalue weighted by Crippen LogP contribution is 2.03. The lowest BCUT2D eigenvalue weighted by molar-refractivity contribution is -0.695. The fraction of sp³-hybridized carbons (Fsp3) is 0.438. The van der Waals surface area contributed by atoms with Crippen LogP contribution in [0.4, 0.5) is 0 Å². The Labute approximate surface area is 110 Å². The third-order valence-electron chi connectivity index (χ3n) is 3.35. The van der Waals surface area contributed by atoms with Crippen molar-refractivity contribution in [3.8, 4) is 0 Å². The van der Waals surface area contributed by atoms with E-state index in [1.54, 1.807) is 0 Å². The van der Waals surface area contributed by atoms with Crippen LogP contribution in [-0.2, 0) is 19.5 Å². The van der Waals surface area contributed by atoms with Crippen LogP contribution in [0.25, 0.3) is 0 Å². The summed E-state index contributed by atoms with van der Waals surface area (Å²) in [5.74, 6) is 1.42. The van der Waals surface area contributed by atoms with Crippen molar-refractivity contribution in [2.75, 3.05) is 0 Å². The third kappa shape index (κ3) is 3.00. The number of rotatable bonds is 6. The zero-order valence-electron chi connectivity index (χ0n) is 11.5. The fourth-order valence-corrected chi connectivity index (χ4v) is 2.36. The number of unbranched alkanes of at least 4 members (excludes halogenated alkanes) is 1. The fourth-order valence-electron chi connectivity index (χ4n) is 2.36. The molecule has 0 amide bonds. The van der Waals surface area contributed by atoms with Crippen LogP contribution in [0.1, 0.15) is 38.1 Å². The summed E-state index contributed by atoms with van der Waals surface area (Å²) in [6.07, 6.45) is 8.02. The van der Waals surface area contributed by atoms with Gasteiger partial charge in [-0.2, -0.15) is 0 Å². The molecule has 0 aliphatic rings. The molecule has 2 nitrogen and oxygen atoms in total. The topological polar surface area (TPSA) is 8.81 Å². The minimum absolute atomic E-state index is 0.975. The molecule has 18 heavy (non-hydrogen) atoms. The van der Waals surface area contributed by atoms with Crippen LogP contribution in [-0.4, -0.2) is 4.57 Å². The first kappa shape index (κ1) is 12.9. The lowest BCUT2D eigenvalue weighted by Gasteiger charge is -2.03. The number of nitrogens with zero attached hydrogens (tertiary/aromatic N) is 2. The van der Waals surface area contributed by atoms with Gasteiger partial charge >= 0.3 is 0 Å². The van der Waals surface area contributed by atoms with Gasteiger partial charge in [-0.1, -0.05) is 50.6 Å². The van der Waals surface area contributed by atoms with Crippen LogP contribution < -0.4 is 4.57 Å². The normalized spacial score (nSPS) is 10.8. The third-order valence-corrected chi connectivity index (χ3v) is 3.35. The molecule has 0 atom stereocenters. The summed E-state index contributed by atoms with van der Waals surface area (Å²) >= 11 is 0. The number of aryl methyl sites for hydroxylation is 1. The molecule has 0 fully saturated rings. The maximum atomic E-state index is 2.40. The first-order valence-electron chi connectivity index (χ1n) is 6.96. The molecule has 2 aromatic rings. The van der Waals surface area contributed by atoms with Crippen molar-refractivity contribution < 1.29 is 4.57 Å². The Bertz CT molecular complexity index is 471. The molecule has 0 aliphatic heterocycles. The van der Waals surface area contributed by atoms with Crippen molar-refractivity contribution in [2.45, 2.75) is 46.2 Å². The average molecular weight is 243 g/mol. The molecule has 0 saturated heterocycles. The number of benzene rings is 1. The van der Waals surface area contributed by atoms with Crippen LogP contribution in [0.3, 0.4) is 0 Å². The predicted molar refractivity (Wildman–Crippen MR) is 74.5 cm³/mol. The molecule has 1 aromatic carbocycles. The number of hydrogen-bond donors (Lipinski definition) is 0. The van der Waals surface area contributed by atoms with Crippen molar-refractivity contribution >= 4 is 0 Å². The standard InChI is InChI=1S/C16H23N2/c1-3-5-11-17-12-13-18(16(17)4-2)14-15-9-7-6-8-10-15/h6-10,12-13H,3-5,11,14H2,1-2H3/q+1. The Morgan fingerprint density at radius 2 is 1.89 bits per heavy atom. The highest BCUT2D eigenvalue weighted by molar-refractivity contribution is 5.13. The molecule has 0 N–H and O–H groups in total. The van der Waals surface area contributed by atoms with Gasteiger partial charge in [-0.05, 0) is 12.0 Å². The molecule has 2 heteroatoms. The summed E-state index contributed by atoms with van der Waals surface area (Å²) in [4.78, 5) is 0. The van der Waals surface area contributed by atoms with Gasteiger partial charge in [0.2, 0.25) is 0 Å². The Morgan fingerprint density at radius 3 is 2.56 bits per heavy atom. The number of imidazole rings is 1. The lowest BCUT2D eigenvalue weighted by Crippen LogP contribution is -2.37. The molecule has 1 heterocycles. The second kappa shape index (κ2) is 6.39. The zero-order valence-corrected chi connectivity index (χ0v) is 11.5. The van der Waals surface area contributed by atoms with Crippen LogP contribution in [0.5, 0.6) is 0 Å². The van der Waals surface area contributed by atoms with E-state index in [0.717, 1.165) is 19.5 Å². The van der Waals surface area contributed by atoms with Gasteiger partial charge in [0.1, 0.15) is 18.9 Å². The van der Waals surface area contributed by atoms with Crippen LogP contribution >= 0.6 is 0 Å². The molecule has 96 valence electrons. The van der Waals surface area contributed by atoms with E-state index in [9.17, 15) is 0 Å². The molecule has 0 unspecified atom stereocenters. The van der Waals surface area contributed by atoms with Crippen LogP contribution in [0.2, 0.25) is 0 Å². The summed E-state index contributed by atoms with van der Waals surface area (Å²) < 4.78 is 4.76. The number of aromatic nitrogens is 2. The SMILES string of the molecule is CCCCn1cc[n+](Cc2ccccc2)c1CC. The molecule has 0 aliphatic carbocycles. The van der Waals surface area contributed by atoms with Gasteiger partial charge in [-0.25, -0.2) is 9.13 Å². The molecule has 0 bridgehead atoms. The van der Waals surface area contributed by atoms with E-state index in [1.165, 1.54) is 24.2 Å². The van der Waals surface area contributed by atoms with Crippen molar-refractivity contribution in [3.05, 3.63) is 54.1 Å². The Kier molecular flexibility index (Phi) is 4.57. The predicted octanol–water partition coefficient (Wildman–Crippen LogP) is 3.19. The van der Waals surface area contributed by atoms with Gasteiger partial charge in [-0.15, -0.1) is 0 Å². The van der Waals surface area contributed by atoms with Crippen LogP contribution in [0, 0.1) is 0 Å².